The molecule has 0 unspecified atom stereocenters. The number of hydrogen-bond acceptors (Lipinski definition) is 4. The summed E-state index contributed by atoms with van der Waals surface area (Å²) in [7, 11) is 0. The highest BCUT2D eigenvalue weighted by Gasteiger charge is 2.17. The highest BCUT2D eigenvalue weighted by molar-refractivity contribution is 5.41. The van der Waals surface area contributed by atoms with Crippen LogP contribution in [-0.2, 0) is 19.7 Å². The third-order valence-corrected chi connectivity index (χ3v) is 3.06. The van der Waals surface area contributed by atoms with Crippen molar-refractivity contribution in [1.29, 1.82) is 0 Å². The molecule has 0 spiro atoms. The Balaban J connectivity index is 1.86. The van der Waals surface area contributed by atoms with E-state index in [4.69, 9.17) is 5.11 Å². The molecular weight excluding hydrogens is 216 g/mol. The van der Waals surface area contributed by atoms with Crippen LogP contribution in [0.25, 0.3) is 0 Å². The summed E-state index contributed by atoms with van der Waals surface area (Å²) in [5.74, 6) is 1.97. The third-order valence-electron chi connectivity index (χ3n) is 3.06. The predicted octanol–water partition coefficient (Wildman–Crippen LogP) is 0.791. The molecule has 1 aliphatic heterocycles. The molecule has 0 fully saturated rings. The number of anilines is 1. The summed E-state index contributed by atoms with van der Waals surface area (Å²) < 4.78 is 2.16. The molecule has 0 saturated heterocycles. The van der Waals surface area contributed by atoms with Gasteiger partial charge in [0, 0.05) is 31.7 Å². The van der Waals surface area contributed by atoms with Gasteiger partial charge >= 0.3 is 0 Å². The van der Waals surface area contributed by atoms with Crippen LogP contribution in [0.5, 0.6) is 0 Å². The van der Waals surface area contributed by atoms with E-state index >= 15 is 0 Å². The van der Waals surface area contributed by atoms with Crippen LogP contribution in [0.2, 0.25) is 0 Å². The van der Waals surface area contributed by atoms with Gasteiger partial charge in [-0.15, -0.1) is 0 Å². The van der Waals surface area contributed by atoms with Gasteiger partial charge in [0.25, 0.3) is 0 Å². The molecule has 88 valence electrons. The Morgan fingerprint density at radius 3 is 3.06 bits per heavy atom. The highest BCUT2D eigenvalue weighted by Crippen LogP contribution is 2.18. The van der Waals surface area contributed by atoms with Crippen molar-refractivity contribution in [3.63, 3.8) is 0 Å². The van der Waals surface area contributed by atoms with Crippen LogP contribution in [0.4, 0.5) is 5.82 Å². The van der Waals surface area contributed by atoms with Crippen LogP contribution in [0.1, 0.15) is 11.4 Å². The maximum atomic E-state index is 9.12. The molecule has 3 rings (SSSR count). The van der Waals surface area contributed by atoms with Crippen LogP contribution in [0.15, 0.2) is 30.7 Å². The molecule has 0 radical (unpaired) electrons. The topological polar surface area (TPSA) is 54.2 Å². The SMILES string of the molecule is OCc1ccnc(N2CCn3ccnc3C2)c1. The zero-order chi connectivity index (χ0) is 11.7. The van der Waals surface area contributed by atoms with E-state index in [1.807, 2.05) is 24.5 Å². The Labute approximate surface area is 99.4 Å². The fourth-order valence-electron chi connectivity index (χ4n) is 2.10. The normalized spacial score (nSPS) is 14.8. The minimum atomic E-state index is 0.0536. The van der Waals surface area contributed by atoms with Crippen molar-refractivity contribution in [3.05, 3.63) is 42.1 Å². The van der Waals surface area contributed by atoms with Crippen LogP contribution in [-0.4, -0.2) is 26.2 Å². The van der Waals surface area contributed by atoms with Crippen LogP contribution < -0.4 is 4.90 Å². The average molecular weight is 230 g/mol. The van der Waals surface area contributed by atoms with Gasteiger partial charge in [-0.25, -0.2) is 9.97 Å². The molecule has 5 nitrogen and oxygen atoms in total. The number of aliphatic hydroxyl groups is 1. The Morgan fingerprint density at radius 1 is 1.24 bits per heavy atom. The van der Waals surface area contributed by atoms with Gasteiger partial charge in [0.1, 0.15) is 11.6 Å². The summed E-state index contributed by atoms with van der Waals surface area (Å²) in [5.41, 5.74) is 0.893. The van der Waals surface area contributed by atoms with Gasteiger partial charge in [-0.2, -0.15) is 0 Å². The highest BCUT2D eigenvalue weighted by atomic mass is 16.3. The minimum Gasteiger partial charge on any atom is -0.392 e. The van der Waals surface area contributed by atoms with Crippen molar-refractivity contribution in [2.75, 3.05) is 11.4 Å². The molecule has 17 heavy (non-hydrogen) atoms. The second kappa shape index (κ2) is 4.18. The summed E-state index contributed by atoms with van der Waals surface area (Å²) in [6.45, 7) is 2.68. The number of aromatic nitrogens is 3. The Hall–Kier alpha value is -1.88. The standard InChI is InChI=1S/C12H14N4O/c17-9-10-1-2-13-11(7-10)16-6-5-15-4-3-14-12(15)8-16/h1-4,7,17H,5-6,8-9H2. The monoisotopic (exact) mass is 230 g/mol. The van der Waals surface area contributed by atoms with Crippen molar-refractivity contribution in [1.82, 2.24) is 14.5 Å². The molecule has 2 aromatic heterocycles. The molecule has 0 amide bonds. The maximum Gasteiger partial charge on any atom is 0.129 e. The van der Waals surface area contributed by atoms with Gasteiger partial charge in [-0.1, -0.05) is 0 Å². The molecule has 0 atom stereocenters. The average Bonchev–Trinajstić information content (AvgIpc) is 2.86. The fourth-order valence-corrected chi connectivity index (χ4v) is 2.10. The van der Waals surface area contributed by atoms with E-state index in [1.54, 1.807) is 6.20 Å². The summed E-state index contributed by atoms with van der Waals surface area (Å²) in [6, 6.07) is 3.76. The maximum absolute atomic E-state index is 9.12. The Morgan fingerprint density at radius 2 is 2.18 bits per heavy atom. The van der Waals surface area contributed by atoms with Crippen LogP contribution in [0, 0.1) is 0 Å². The second-order valence-electron chi connectivity index (χ2n) is 4.14. The molecule has 5 heteroatoms. The summed E-state index contributed by atoms with van der Waals surface area (Å²) in [5, 5.41) is 9.12. The molecule has 0 aliphatic carbocycles. The minimum absolute atomic E-state index is 0.0536. The van der Waals surface area contributed by atoms with Crippen molar-refractivity contribution in [3.8, 4) is 0 Å². The van der Waals surface area contributed by atoms with Gasteiger partial charge in [-0.3, -0.25) is 0 Å². The van der Waals surface area contributed by atoms with E-state index in [9.17, 15) is 0 Å². The first-order chi connectivity index (χ1) is 8.36. The summed E-state index contributed by atoms with van der Waals surface area (Å²) in [4.78, 5) is 10.8. The van der Waals surface area contributed by atoms with E-state index in [-0.39, 0.29) is 6.61 Å². The van der Waals surface area contributed by atoms with E-state index < -0.39 is 0 Å². The lowest BCUT2D eigenvalue weighted by molar-refractivity contribution is 0.281. The third kappa shape index (κ3) is 1.89. The number of rotatable bonds is 2. The van der Waals surface area contributed by atoms with Gasteiger partial charge in [0.05, 0.1) is 13.2 Å². The number of nitrogens with zero attached hydrogens (tertiary/aromatic N) is 4. The van der Waals surface area contributed by atoms with E-state index in [0.29, 0.717) is 0 Å². The van der Waals surface area contributed by atoms with Crippen LogP contribution >= 0.6 is 0 Å². The lowest BCUT2D eigenvalue weighted by Crippen LogP contribution is -2.34. The van der Waals surface area contributed by atoms with Gasteiger partial charge in [0.2, 0.25) is 0 Å². The molecule has 1 N–H and O–H groups in total. The summed E-state index contributed by atoms with van der Waals surface area (Å²) in [6.07, 6.45) is 5.57. The zero-order valence-electron chi connectivity index (χ0n) is 9.45. The Bertz CT molecular complexity index is 523. The first kappa shape index (κ1) is 10.3. The smallest absolute Gasteiger partial charge is 0.129 e. The van der Waals surface area contributed by atoms with Crippen molar-refractivity contribution in [2.24, 2.45) is 0 Å². The predicted molar refractivity (Wildman–Crippen MR) is 63.4 cm³/mol. The number of aliphatic hydroxyl groups excluding tert-OH is 1. The quantitative estimate of drug-likeness (QED) is 0.828. The van der Waals surface area contributed by atoms with Crippen molar-refractivity contribution in [2.45, 2.75) is 19.7 Å². The summed E-state index contributed by atoms with van der Waals surface area (Å²) >= 11 is 0. The van der Waals surface area contributed by atoms with E-state index in [0.717, 1.165) is 36.8 Å². The molecule has 0 saturated carbocycles. The fraction of sp³-hybridized carbons (Fsp3) is 0.333. The zero-order valence-corrected chi connectivity index (χ0v) is 9.45. The number of imidazole rings is 1. The first-order valence-corrected chi connectivity index (χ1v) is 5.67. The number of fused-ring (bicyclic) bond motifs is 1. The second-order valence-corrected chi connectivity index (χ2v) is 4.14. The largest absolute Gasteiger partial charge is 0.392 e. The first-order valence-electron chi connectivity index (χ1n) is 5.67. The Kier molecular flexibility index (Phi) is 2.53. The molecule has 0 aromatic carbocycles. The van der Waals surface area contributed by atoms with Gasteiger partial charge in [0.15, 0.2) is 0 Å². The number of hydrogen-bond donors (Lipinski definition) is 1. The number of pyridine rings is 1. The lowest BCUT2D eigenvalue weighted by Gasteiger charge is -2.28. The van der Waals surface area contributed by atoms with E-state index in [1.165, 1.54) is 0 Å². The molecule has 3 heterocycles. The molecule has 0 bridgehead atoms. The molecular formula is C12H14N4O. The molecule has 1 aliphatic rings. The molecule has 2 aromatic rings. The van der Waals surface area contributed by atoms with E-state index in [2.05, 4.69) is 19.4 Å². The van der Waals surface area contributed by atoms with Crippen molar-refractivity contribution < 1.29 is 5.11 Å². The van der Waals surface area contributed by atoms with Crippen LogP contribution in [0.3, 0.4) is 0 Å². The van der Waals surface area contributed by atoms with Gasteiger partial charge in [-0.05, 0) is 17.7 Å². The lowest BCUT2D eigenvalue weighted by atomic mass is 10.2. The van der Waals surface area contributed by atoms with Crippen molar-refractivity contribution >= 4 is 5.82 Å². The van der Waals surface area contributed by atoms with Gasteiger partial charge < -0.3 is 14.6 Å².